The van der Waals surface area contributed by atoms with Crippen molar-refractivity contribution in [2.45, 2.75) is 26.3 Å². The van der Waals surface area contributed by atoms with E-state index < -0.39 is 12.1 Å². The average molecular weight is 217 g/mol. The zero-order chi connectivity index (χ0) is 11.8. The number of hydrogen-bond acceptors (Lipinski definition) is 3. The van der Waals surface area contributed by atoms with Gasteiger partial charge in [-0.3, -0.25) is 4.79 Å². The first-order valence-corrected chi connectivity index (χ1v) is 4.98. The number of nitrogens with one attached hydrogen (secondary N) is 1. The van der Waals surface area contributed by atoms with E-state index >= 15 is 0 Å². The van der Waals surface area contributed by atoms with Gasteiger partial charge in [0, 0.05) is 13.1 Å². The third kappa shape index (κ3) is 5.21. The van der Waals surface area contributed by atoms with Gasteiger partial charge in [-0.15, -0.1) is 0 Å². The summed E-state index contributed by atoms with van der Waals surface area (Å²) in [6.45, 7) is 4.24. The SMILES string of the molecule is CCCN(CCO)C(=O)C(C)NC(N)=O. The van der Waals surface area contributed by atoms with Crippen LogP contribution in [0.4, 0.5) is 4.79 Å². The van der Waals surface area contributed by atoms with Crippen molar-refractivity contribution in [2.24, 2.45) is 5.73 Å². The summed E-state index contributed by atoms with van der Waals surface area (Å²) in [5, 5.41) is 11.1. The smallest absolute Gasteiger partial charge is 0.312 e. The van der Waals surface area contributed by atoms with Gasteiger partial charge in [0.05, 0.1) is 6.61 Å². The maximum Gasteiger partial charge on any atom is 0.312 e. The van der Waals surface area contributed by atoms with Gasteiger partial charge in [-0.2, -0.15) is 0 Å². The molecule has 0 fully saturated rings. The Morgan fingerprint density at radius 1 is 1.47 bits per heavy atom. The molecule has 0 heterocycles. The summed E-state index contributed by atoms with van der Waals surface area (Å²) >= 11 is 0. The van der Waals surface area contributed by atoms with Crippen LogP contribution in [0.2, 0.25) is 0 Å². The van der Waals surface area contributed by atoms with Gasteiger partial charge in [-0.25, -0.2) is 4.79 Å². The predicted octanol–water partition coefficient (Wildman–Crippen LogP) is -0.726. The largest absolute Gasteiger partial charge is 0.395 e. The maximum atomic E-state index is 11.7. The second-order valence-electron chi connectivity index (χ2n) is 3.28. The van der Waals surface area contributed by atoms with E-state index in [2.05, 4.69) is 5.32 Å². The van der Waals surface area contributed by atoms with Gasteiger partial charge in [-0.1, -0.05) is 6.92 Å². The van der Waals surface area contributed by atoms with Gasteiger partial charge in [-0.05, 0) is 13.3 Å². The van der Waals surface area contributed by atoms with Crippen molar-refractivity contribution in [1.82, 2.24) is 10.2 Å². The molecule has 0 saturated heterocycles. The molecule has 0 saturated carbocycles. The summed E-state index contributed by atoms with van der Waals surface area (Å²) in [7, 11) is 0. The standard InChI is InChI=1S/C9H19N3O3/c1-3-4-12(5-6-13)8(14)7(2)11-9(10)15/h7,13H,3-6H2,1-2H3,(H3,10,11,15). The Hall–Kier alpha value is -1.30. The highest BCUT2D eigenvalue weighted by Crippen LogP contribution is 1.96. The van der Waals surface area contributed by atoms with Crippen LogP contribution in [0.5, 0.6) is 0 Å². The van der Waals surface area contributed by atoms with Crippen LogP contribution in [0.3, 0.4) is 0 Å². The maximum absolute atomic E-state index is 11.7. The summed E-state index contributed by atoms with van der Waals surface area (Å²) in [4.78, 5) is 23.7. The Labute approximate surface area is 89.4 Å². The molecule has 0 aromatic heterocycles. The fourth-order valence-electron chi connectivity index (χ4n) is 1.27. The van der Waals surface area contributed by atoms with E-state index in [0.717, 1.165) is 6.42 Å². The molecule has 88 valence electrons. The van der Waals surface area contributed by atoms with Gasteiger partial charge in [0.2, 0.25) is 5.91 Å². The summed E-state index contributed by atoms with van der Waals surface area (Å²) in [5.41, 5.74) is 4.91. The fraction of sp³-hybridized carbons (Fsp3) is 0.778. The lowest BCUT2D eigenvalue weighted by atomic mass is 10.2. The van der Waals surface area contributed by atoms with Crippen molar-refractivity contribution in [3.8, 4) is 0 Å². The molecule has 0 spiro atoms. The van der Waals surface area contributed by atoms with E-state index in [1.165, 1.54) is 4.90 Å². The molecular formula is C9H19N3O3. The lowest BCUT2D eigenvalue weighted by Gasteiger charge is -2.24. The summed E-state index contributed by atoms with van der Waals surface area (Å²) in [5.74, 6) is -0.232. The van der Waals surface area contributed by atoms with E-state index in [0.29, 0.717) is 6.54 Å². The first-order chi connectivity index (χ1) is 7.02. The number of aliphatic hydroxyl groups excluding tert-OH is 1. The van der Waals surface area contributed by atoms with Crippen LogP contribution in [0.1, 0.15) is 20.3 Å². The molecule has 1 atom stereocenters. The predicted molar refractivity (Wildman–Crippen MR) is 56.1 cm³/mol. The highest BCUT2D eigenvalue weighted by molar-refractivity contribution is 5.86. The highest BCUT2D eigenvalue weighted by Gasteiger charge is 2.19. The van der Waals surface area contributed by atoms with Crippen molar-refractivity contribution < 1.29 is 14.7 Å². The molecule has 3 amide bonds. The summed E-state index contributed by atoms with van der Waals surface area (Å²) < 4.78 is 0. The number of primary amides is 1. The van der Waals surface area contributed by atoms with Crippen molar-refractivity contribution in [2.75, 3.05) is 19.7 Å². The molecule has 4 N–H and O–H groups in total. The Balaban J connectivity index is 4.27. The van der Waals surface area contributed by atoms with Crippen LogP contribution in [-0.2, 0) is 4.79 Å². The van der Waals surface area contributed by atoms with Gasteiger partial charge in [0.15, 0.2) is 0 Å². The van der Waals surface area contributed by atoms with Crippen LogP contribution in [0.15, 0.2) is 0 Å². The first kappa shape index (κ1) is 13.7. The first-order valence-electron chi connectivity index (χ1n) is 4.98. The van der Waals surface area contributed by atoms with Crippen LogP contribution in [0, 0.1) is 0 Å². The number of hydrogen-bond donors (Lipinski definition) is 3. The lowest BCUT2D eigenvalue weighted by Crippen LogP contribution is -2.49. The second-order valence-corrected chi connectivity index (χ2v) is 3.28. The van der Waals surface area contributed by atoms with E-state index in [1.54, 1.807) is 6.92 Å². The van der Waals surface area contributed by atoms with Crippen molar-refractivity contribution in [1.29, 1.82) is 0 Å². The minimum atomic E-state index is -0.726. The normalized spacial score (nSPS) is 11.9. The number of carbonyl (C=O) groups is 2. The van der Waals surface area contributed by atoms with E-state index in [1.807, 2.05) is 6.92 Å². The molecule has 0 aliphatic rings. The Bertz CT molecular complexity index is 215. The number of amides is 3. The molecule has 0 bridgehead atoms. The number of nitrogens with zero attached hydrogens (tertiary/aromatic N) is 1. The Morgan fingerprint density at radius 2 is 2.07 bits per heavy atom. The van der Waals surface area contributed by atoms with E-state index in [4.69, 9.17) is 10.8 Å². The monoisotopic (exact) mass is 217 g/mol. The molecule has 0 aliphatic carbocycles. The molecule has 15 heavy (non-hydrogen) atoms. The Morgan fingerprint density at radius 3 is 2.47 bits per heavy atom. The van der Waals surface area contributed by atoms with Gasteiger partial charge in [0.1, 0.15) is 6.04 Å². The zero-order valence-electron chi connectivity index (χ0n) is 9.19. The number of aliphatic hydroxyl groups is 1. The van der Waals surface area contributed by atoms with Gasteiger partial charge in [0.25, 0.3) is 0 Å². The van der Waals surface area contributed by atoms with Crippen LogP contribution in [-0.4, -0.2) is 47.7 Å². The molecule has 6 nitrogen and oxygen atoms in total. The minimum absolute atomic E-state index is 0.0883. The zero-order valence-corrected chi connectivity index (χ0v) is 9.19. The van der Waals surface area contributed by atoms with E-state index in [-0.39, 0.29) is 19.1 Å². The highest BCUT2D eigenvalue weighted by atomic mass is 16.3. The van der Waals surface area contributed by atoms with Gasteiger partial charge >= 0.3 is 6.03 Å². The average Bonchev–Trinajstić information content (AvgIpc) is 2.15. The summed E-state index contributed by atoms with van der Waals surface area (Å²) in [6, 6.07) is -1.38. The second kappa shape index (κ2) is 7.05. The molecular weight excluding hydrogens is 198 g/mol. The van der Waals surface area contributed by atoms with E-state index in [9.17, 15) is 9.59 Å². The molecule has 0 aromatic rings. The molecule has 6 heteroatoms. The van der Waals surface area contributed by atoms with Crippen molar-refractivity contribution in [3.63, 3.8) is 0 Å². The molecule has 0 aromatic carbocycles. The van der Waals surface area contributed by atoms with Crippen molar-refractivity contribution in [3.05, 3.63) is 0 Å². The fourth-order valence-corrected chi connectivity index (χ4v) is 1.27. The lowest BCUT2D eigenvalue weighted by molar-refractivity contribution is -0.133. The summed E-state index contributed by atoms with van der Waals surface area (Å²) in [6.07, 6.45) is 0.801. The minimum Gasteiger partial charge on any atom is -0.395 e. The number of carbonyl (C=O) groups excluding carboxylic acids is 2. The quantitative estimate of drug-likeness (QED) is 0.547. The van der Waals surface area contributed by atoms with Crippen LogP contribution in [0.25, 0.3) is 0 Å². The van der Waals surface area contributed by atoms with Crippen LogP contribution >= 0.6 is 0 Å². The van der Waals surface area contributed by atoms with Crippen molar-refractivity contribution >= 4 is 11.9 Å². The number of nitrogens with two attached hydrogens (primary N) is 1. The Kier molecular flexibility index (Phi) is 6.44. The number of rotatable bonds is 6. The molecule has 1 unspecified atom stereocenters. The van der Waals surface area contributed by atoms with Gasteiger partial charge < -0.3 is 21.1 Å². The third-order valence-corrected chi connectivity index (χ3v) is 1.90. The molecule has 0 radical (unpaired) electrons. The topological polar surface area (TPSA) is 95.7 Å². The third-order valence-electron chi connectivity index (χ3n) is 1.90. The van der Waals surface area contributed by atoms with Crippen LogP contribution < -0.4 is 11.1 Å². The molecule has 0 aliphatic heterocycles. The molecule has 0 rings (SSSR count). The number of urea groups is 1.